The second-order valence-electron chi connectivity index (χ2n) is 4.44. The van der Waals surface area contributed by atoms with Crippen LogP contribution in [0.2, 0.25) is 10.0 Å². The van der Waals surface area contributed by atoms with E-state index in [0.717, 1.165) is 5.56 Å². The van der Waals surface area contributed by atoms with E-state index in [9.17, 15) is 9.50 Å². The van der Waals surface area contributed by atoms with E-state index in [0.29, 0.717) is 16.3 Å². The zero-order valence-electron chi connectivity index (χ0n) is 11.0. The molecular weight excluding hydrogens is 302 g/mol. The Morgan fingerprint density at radius 1 is 1.10 bits per heavy atom. The highest BCUT2D eigenvalue weighted by atomic mass is 35.5. The minimum Gasteiger partial charge on any atom is -0.495 e. The minimum atomic E-state index is -1.19. The molecule has 1 atom stereocenters. The van der Waals surface area contributed by atoms with Crippen LogP contribution in [0.1, 0.15) is 22.8 Å². The zero-order valence-corrected chi connectivity index (χ0v) is 12.5. The van der Waals surface area contributed by atoms with Crippen LogP contribution in [0.4, 0.5) is 4.39 Å². The fourth-order valence-corrected chi connectivity index (χ4v) is 2.46. The quantitative estimate of drug-likeness (QED) is 0.901. The number of methoxy groups -OCH3 is 1. The molecule has 0 amide bonds. The van der Waals surface area contributed by atoms with E-state index in [1.807, 2.05) is 6.92 Å². The van der Waals surface area contributed by atoms with Gasteiger partial charge in [0.25, 0.3) is 0 Å². The third-order valence-corrected chi connectivity index (χ3v) is 3.63. The lowest BCUT2D eigenvalue weighted by molar-refractivity contribution is 0.215. The molecule has 2 nitrogen and oxygen atoms in total. The van der Waals surface area contributed by atoms with Crippen LogP contribution >= 0.6 is 23.2 Å². The summed E-state index contributed by atoms with van der Waals surface area (Å²) in [4.78, 5) is 0. The zero-order chi connectivity index (χ0) is 14.9. The molecule has 0 aromatic heterocycles. The maximum absolute atomic E-state index is 13.8. The normalized spacial score (nSPS) is 12.3. The van der Waals surface area contributed by atoms with Crippen molar-refractivity contribution in [2.45, 2.75) is 13.0 Å². The molecule has 20 heavy (non-hydrogen) atoms. The fraction of sp³-hybridized carbons (Fsp3) is 0.200. The van der Waals surface area contributed by atoms with Gasteiger partial charge >= 0.3 is 0 Å². The van der Waals surface area contributed by atoms with Crippen molar-refractivity contribution in [3.63, 3.8) is 0 Å². The molecule has 0 fully saturated rings. The summed E-state index contributed by atoms with van der Waals surface area (Å²) < 4.78 is 18.9. The molecule has 1 unspecified atom stereocenters. The number of benzene rings is 2. The number of hydrogen-bond acceptors (Lipinski definition) is 2. The molecule has 0 aliphatic rings. The van der Waals surface area contributed by atoms with Crippen LogP contribution in [0.25, 0.3) is 0 Å². The summed E-state index contributed by atoms with van der Waals surface area (Å²) in [6.07, 6.45) is -1.19. The van der Waals surface area contributed by atoms with Gasteiger partial charge in [-0.25, -0.2) is 4.39 Å². The standard InChI is InChI=1S/C15H13Cl2FO2/c1-8-3-4-13(18)10(5-8)15(19)9-6-12(17)14(20-2)7-11(9)16/h3-7,15,19H,1-2H3. The molecule has 106 valence electrons. The van der Waals surface area contributed by atoms with Gasteiger partial charge in [0.1, 0.15) is 17.7 Å². The van der Waals surface area contributed by atoms with Gasteiger partial charge in [-0.1, -0.05) is 40.9 Å². The van der Waals surface area contributed by atoms with Gasteiger partial charge in [-0.05, 0) is 19.1 Å². The Balaban J connectivity index is 2.50. The molecule has 2 aromatic rings. The van der Waals surface area contributed by atoms with Crippen molar-refractivity contribution in [2.24, 2.45) is 0 Å². The Morgan fingerprint density at radius 3 is 2.45 bits per heavy atom. The van der Waals surface area contributed by atoms with Gasteiger partial charge in [-0.3, -0.25) is 0 Å². The van der Waals surface area contributed by atoms with Crippen LogP contribution in [0.3, 0.4) is 0 Å². The van der Waals surface area contributed by atoms with Gasteiger partial charge in [0.05, 0.1) is 17.2 Å². The van der Waals surface area contributed by atoms with E-state index < -0.39 is 11.9 Å². The van der Waals surface area contributed by atoms with Gasteiger partial charge in [0, 0.05) is 17.2 Å². The molecule has 1 N–H and O–H groups in total. The van der Waals surface area contributed by atoms with Crippen molar-refractivity contribution in [1.29, 1.82) is 0 Å². The molecule has 0 heterocycles. The lowest BCUT2D eigenvalue weighted by Crippen LogP contribution is -2.04. The average Bonchev–Trinajstić information content (AvgIpc) is 2.42. The second-order valence-corrected chi connectivity index (χ2v) is 5.25. The first-order chi connectivity index (χ1) is 9.43. The summed E-state index contributed by atoms with van der Waals surface area (Å²) in [6, 6.07) is 7.50. The minimum absolute atomic E-state index is 0.160. The monoisotopic (exact) mass is 314 g/mol. The van der Waals surface area contributed by atoms with Crippen molar-refractivity contribution >= 4 is 23.2 Å². The predicted molar refractivity (Wildman–Crippen MR) is 78.2 cm³/mol. The number of hydrogen-bond donors (Lipinski definition) is 1. The van der Waals surface area contributed by atoms with Crippen molar-refractivity contribution in [2.75, 3.05) is 7.11 Å². The number of ether oxygens (including phenoxy) is 1. The lowest BCUT2D eigenvalue weighted by atomic mass is 9.99. The largest absolute Gasteiger partial charge is 0.495 e. The maximum atomic E-state index is 13.8. The van der Waals surface area contributed by atoms with Crippen LogP contribution in [-0.2, 0) is 0 Å². The van der Waals surface area contributed by atoms with E-state index in [4.69, 9.17) is 27.9 Å². The topological polar surface area (TPSA) is 29.5 Å². The highest BCUT2D eigenvalue weighted by Gasteiger charge is 2.20. The van der Waals surface area contributed by atoms with Crippen LogP contribution in [-0.4, -0.2) is 12.2 Å². The summed E-state index contributed by atoms with van der Waals surface area (Å²) in [7, 11) is 1.47. The number of aliphatic hydroxyl groups excluding tert-OH is 1. The number of aliphatic hydroxyl groups is 1. The number of rotatable bonds is 3. The van der Waals surface area contributed by atoms with Crippen LogP contribution < -0.4 is 4.74 Å². The van der Waals surface area contributed by atoms with Gasteiger partial charge in [0.2, 0.25) is 0 Å². The molecule has 0 saturated heterocycles. The summed E-state index contributed by atoms with van der Waals surface area (Å²) in [5.74, 6) is -0.0940. The van der Waals surface area contributed by atoms with Crippen molar-refractivity contribution in [3.05, 3.63) is 62.9 Å². The van der Waals surface area contributed by atoms with Crippen LogP contribution in [0, 0.1) is 12.7 Å². The second kappa shape index (κ2) is 6.00. The van der Waals surface area contributed by atoms with Gasteiger partial charge in [-0.2, -0.15) is 0 Å². The molecule has 2 aromatic carbocycles. The summed E-state index contributed by atoms with van der Waals surface area (Å²) in [5.41, 5.74) is 1.34. The van der Waals surface area contributed by atoms with Gasteiger partial charge in [0.15, 0.2) is 0 Å². The van der Waals surface area contributed by atoms with Gasteiger partial charge in [-0.15, -0.1) is 0 Å². The van der Waals surface area contributed by atoms with Crippen LogP contribution in [0.5, 0.6) is 5.75 Å². The van der Waals surface area contributed by atoms with E-state index in [1.54, 1.807) is 12.1 Å². The Hall–Kier alpha value is -1.29. The van der Waals surface area contributed by atoms with Crippen molar-refractivity contribution in [1.82, 2.24) is 0 Å². The van der Waals surface area contributed by atoms with E-state index in [-0.39, 0.29) is 10.6 Å². The Bertz CT molecular complexity index is 644. The summed E-state index contributed by atoms with van der Waals surface area (Å²) in [6.45, 7) is 1.82. The molecule has 2 rings (SSSR count). The lowest BCUT2D eigenvalue weighted by Gasteiger charge is -2.16. The van der Waals surface area contributed by atoms with Crippen LogP contribution in [0.15, 0.2) is 30.3 Å². The average molecular weight is 315 g/mol. The first-order valence-electron chi connectivity index (χ1n) is 5.91. The predicted octanol–water partition coefficient (Wildman–Crippen LogP) is 4.53. The summed E-state index contributed by atoms with van der Waals surface area (Å²) in [5, 5.41) is 10.9. The highest BCUT2D eigenvalue weighted by Crippen LogP contribution is 2.36. The Kier molecular flexibility index (Phi) is 4.53. The highest BCUT2D eigenvalue weighted by molar-refractivity contribution is 6.34. The molecule has 0 aliphatic carbocycles. The third kappa shape index (κ3) is 2.90. The molecule has 0 bridgehead atoms. The van der Waals surface area contributed by atoms with E-state index in [2.05, 4.69) is 0 Å². The Morgan fingerprint density at radius 2 is 1.80 bits per heavy atom. The first-order valence-corrected chi connectivity index (χ1v) is 6.66. The van der Waals surface area contributed by atoms with Crippen molar-refractivity contribution < 1.29 is 14.2 Å². The van der Waals surface area contributed by atoms with E-state index in [1.165, 1.54) is 25.3 Å². The molecule has 0 radical (unpaired) electrons. The number of halogens is 3. The van der Waals surface area contributed by atoms with Crippen molar-refractivity contribution in [3.8, 4) is 5.75 Å². The first kappa shape index (κ1) is 15.1. The SMILES string of the molecule is COc1cc(Cl)c(C(O)c2cc(C)ccc2F)cc1Cl. The molecule has 0 aliphatic heterocycles. The van der Waals surface area contributed by atoms with E-state index >= 15 is 0 Å². The molecule has 5 heteroatoms. The maximum Gasteiger partial charge on any atom is 0.138 e. The fourth-order valence-electron chi connectivity index (χ4n) is 1.95. The molecule has 0 spiro atoms. The smallest absolute Gasteiger partial charge is 0.138 e. The summed E-state index contributed by atoms with van der Waals surface area (Å²) >= 11 is 12.1. The molecule has 0 saturated carbocycles. The third-order valence-electron chi connectivity index (χ3n) is 3.01. The van der Waals surface area contributed by atoms with Gasteiger partial charge < -0.3 is 9.84 Å². The number of aryl methyl sites for hydroxylation is 1. The molecular formula is C15H13Cl2FO2. The Labute approximate surface area is 126 Å².